The first kappa shape index (κ1) is 19.6. The molecule has 0 spiro atoms. The minimum absolute atomic E-state index is 0.0874. The van der Waals surface area contributed by atoms with Crippen molar-refractivity contribution in [1.82, 2.24) is 10.2 Å². The second-order valence-electron chi connectivity index (χ2n) is 7.47. The molecule has 1 saturated carbocycles. The number of nitrogens with one attached hydrogen (secondary N) is 1. The minimum Gasteiger partial charge on any atom is -0.389 e. The molecule has 6 heteroatoms. The summed E-state index contributed by atoms with van der Waals surface area (Å²) in [6.45, 7) is 5.46. The first-order valence-corrected chi connectivity index (χ1v) is 9.35. The molecule has 1 saturated heterocycles. The van der Waals surface area contributed by atoms with Gasteiger partial charge >= 0.3 is 0 Å². The molecule has 1 heterocycles. The largest absolute Gasteiger partial charge is 0.389 e. The number of rotatable bonds is 9. The SMILES string of the molecule is CC(C)OCCOCC(O)CN(C)C(=O)C1CC2CCCCC2N1. The van der Waals surface area contributed by atoms with E-state index in [0.717, 1.165) is 6.42 Å². The Morgan fingerprint density at radius 2 is 2.04 bits per heavy atom. The lowest BCUT2D eigenvalue weighted by Gasteiger charge is -2.25. The Morgan fingerprint density at radius 3 is 2.75 bits per heavy atom. The molecular formula is C18H34N2O4. The summed E-state index contributed by atoms with van der Waals surface area (Å²) in [4.78, 5) is 14.2. The second-order valence-corrected chi connectivity index (χ2v) is 7.47. The zero-order chi connectivity index (χ0) is 17.5. The van der Waals surface area contributed by atoms with E-state index in [9.17, 15) is 9.90 Å². The second kappa shape index (κ2) is 9.70. The molecule has 2 aliphatic rings. The van der Waals surface area contributed by atoms with Crippen LogP contribution in [-0.4, -0.2) is 73.6 Å². The van der Waals surface area contributed by atoms with Crippen LogP contribution in [-0.2, 0) is 14.3 Å². The van der Waals surface area contributed by atoms with Gasteiger partial charge in [0, 0.05) is 19.6 Å². The molecular weight excluding hydrogens is 308 g/mol. The van der Waals surface area contributed by atoms with Crippen LogP contribution in [0.5, 0.6) is 0 Å². The van der Waals surface area contributed by atoms with Gasteiger partial charge in [-0.25, -0.2) is 0 Å². The molecule has 0 bridgehead atoms. The van der Waals surface area contributed by atoms with Crippen molar-refractivity contribution in [2.75, 3.05) is 33.4 Å². The van der Waals surface area contributed by atoms with E-state index >= 15 is 0 Å². The number of amides is 1. The third-order valence-corrected chi connectivity index (χ3v) is 5.01. The molecule has 140 valence electrons. The van der Waals surface area contributed by atoms with Crippen molar-refractivity contribution in [3.05, 3.63) is 0 Å². The van der Waals surface area contributed by atoms with Gasteiger partial charge in [0.05, 0.1) is 38.1 Å². The number of hydrogen-bond donors (Lipinski definition) is 2. The number of fused-ring (bicyclic) bond motifs is 1. The Balaban J connectivity index is 1.64. The summed E-state index contributed by atoms with van der Waals surface area (Å²) >= 11 is 0. The number of carbonyl (C=O) groups is 1. The summed E-state index contributed by atoms with van der Waals surface area (Å²) in [6, 6.07) is 0.422. The Bertz CT molecular complexity index is 377. The number of hydrogen-bond acceptors (Lipinski definition) is 5. The normalized spacial score (nSPS) is 28.0. The van der Waals surface area contributed by atoms with Crippen molar-refractivity contribution in [1.29, 1.82) is 0 Å². The van der Waals surface area contributed by atoms with Crippen LogP contribution < -0.4 is 5.32 Å². The van der Waals surface area contributed by atoms with Crippen molar-refractivity contribution in [2.24, 2.45) is 5.92 Å². The first-order chi connectivity index (χ1) is 11.5. The molecule has 0 aromatic rings. The third-order valence-electron chi connectivity index (χ3n) is 5.01. The molecule has 1 aliphatic heterocycles. The Kier molecular flexibility index (Phi) is 7.94. The highest BCUT2D eigenvalue weighted by Crippen LogP contribution is 2.33. The van der Waals surface area contributed by atoms with Gasteiger partial charge in [-0.1, -0.05) is 12.8 Å². The van der Waals surface area contributed by atoms with Crippen LogP contribution in [0.1, 0.15) is 46.0 Å². The van der Waals surface area contributed by atoms with E-state index in [0.29, 0.717) is 31.7 Å². The molecule has 24 heavy (non-hydrogen) atoms. The van der Waals surface area contributed by atoms with Gasteiger partial charge in [-0.3, -0.25) is 4.79 Å². The molecule has 0 aromatic heterocycles. The summed E-state index contributed by atoms with van der Waals surface area (Å²) in [6.07, 6.45) is 5.43. The van der Waals surface area contributed by atoms with Crippen molar-refractivity contribution >= 4 is 5.91 Å². The van der Waals surface area contributed by atoms with Crippen LogP contribution in [0.4, 0.5) is 0 Å². The summed E-state index contributed by atoms with van der Waals surface area (Å²) in [5, 5.41) is 13.5. The average molecular weight is 342 g/mol. The van der Waals surface area contributed by atoms with E-state index in [1.165, 1.54) is 25.7 Å². The van der Waals surface area contributed by atoms with Gasteiger partial charge in [0.15, 0.2) is 0 Å². The summed E-state index contributed by atoms with van der Waals surface area (Å²) < 4.78 is 10.8. The summed E-state index contributed by atoms with van der Waals surface area (Å²) in [7, 11) is 1.76. The van der Waals surface area contributed by atoms with Crippen molar-refractivity contribution < 1.29 is 19.4 Å². The minimum atomic E-state index is -0.665. The van der Waals surface area contributed by atoms with Gasteiger partial charge in [-0.05, 0) is 39.0 Å². The van der Waals surface area contributed by atoms with E-state index in [1.807, 2.05) is 13.8 Å². The number of ether oxygens (including phenoxy) is 2. The van der Waals surface area contributed by atoms with Crippen LogP contribution in [0.25, 0.3) is 0 Å². The topological polar surface area (TPSA) is 71.0 Å². The maximum atomic E-state index is 12.6. The zero-order valence-electron chi connectivity index (χ0n) is 15.4. The number of carbonyl (C=O) groups excluding carboxylic acids is 1. The zero-order valence-corrected chi connectivity index (χ0v) is 15.4. The summed E-state index contributed by atoms with van der Waals surface area (Å²) in [5.74, 6) is 0.738. The summed E-state index contributed by atoms with van der Waals surface area (Å²) in [5.41, 5.74) is 0. The van der Waals surface area contributed by atoms with Gasteiger partial charge in [-0.15, -0.1) is 0 Å². The smallest absolute Gasteiger partial charge is 0.239 e. The molecule has 6 nitrogen and oxygen atoms in total. The van der Waals surface area contributed by atoms with E-state index < -0.39 is 6.10 Å². The monoisotopic (exact) mass is 342 g/mol. The lowest BCUT2D eigenvalue weighted by Crippen LogP contribution is -2.46. The Hall–Kier alpha value is -0.690. The van der Waals surface area contributed by atoms with E-state index in [4.69, 9.17) is 9.47 Å². The number of aliphatic hydroxyl groups is 1. The standard InChI is InChI=1S/C18H34N2O4/c1-13(2)24-9-8-23-12-15(21)11-20(3)18(22)17-10-14-6-4-5-7-16(14)19-17/h13-17,19,21H,4-12H2,1-3H3. The Morgan fingerprint density at radius 1 is 1.29 bits per heavy atom. The van der Waals surface area contributed by atoms with Gasteiger partial charge in [0.1, 0.15) is 0 Å². The van der Waals surface area contributed by atoms with Crippen LogP contribution in [0.3, 0.4) is 0 Å². The van der Waals surface area contributed by atoms with Crippen LogP contribution in [0.2, 0.25) is 0 Å². The fourth-order valence-electron chi connectivity index (χ4n) is 3.80. The quantitative estimate of drug-likeness (QED) is 0.616. The maximum Gasteiger partial charge on any atom is 0.239 e. The molecule has 2 rings (SSSR count). The van der Waals surface area contributed by atoms with E-state index in [1.54, 1.807) is 11.9 Å². The third kappa shape index (κ3) is 5.99. The predicted octanol–water partition coefficient (Wildman–Crippen LogP) is 1.17. The van der Waals surface area contributed by atoms with Crippen molar-refractivity contribution in [3.63, 3.8) is 0 Å². The molecule has 0 radical (unpaired) electrons. The van der Waals surface area contributed by atoms with Gasteiger partial charge < -0.3 is 24.8 Å². The number of nitrogens with zero attached hydrogens (tertiary/aromatic N) is 1. The molecule has 0 aromatic carbocycles. The lowest BCUT2D eigenvalue weighted by molar-refractivity contribution is -0.133. The number of likely N-dealkylation sites (N-methyl/N-ethyl adjacent to an activating group) is 1. The maximum absolute atomic E-state index is 12.6. The molecule has 4 unspecified atom stereocenters. The molecule has 2 N–H and O–H groups in total. The number of aliphatic hydroxyl groups excluding tert-OH is 1. The van der Waals surface area contributed by atoms with Gasteiger partial charge in [-0.2, -0.15) is 0 Å². The Labute approximate surface area is 145 Å². The molecule has 4 atom stereocenters. The fourth-order valence-corrected chi connectivity index (χ4v) is 3.80. The lowest BCUT2D eigenvalue weighted by atomic mass is 9.85. The molecule has 1 amide bonds. The van der Waals surface area contributed by atoms with Crippen molar-refractivity contribution in [2.45, 2.75) is 70.2 Å². The average Bonchev–Trinajstić information content (AvgIpc) is 2.97. The van der Waals surface area contributed by atoms with E-state index in [-0.39, 0.29) is 24.7 Å². The van der Waals surface area contributed by atoms with Gasteiger partial charge in [0.25, 0.3) is 0 Å². The first-order valence-electron chi connectivity index (χ1n) is 9.35. The fraction of sp³-hybridized carbons (Fsp3) is 0.944. The molecule has 1 aliphatic carbocycles. The molecule has 2 fully saturated rings. The van der Waals surface area contributed by atoms with Crippen molar-refractivity contribution in [3.8, 4) is 0 Å². The van der Waals surface area contributed by atoms with E-state index in [2.05, 4.69) is 5.32 Å². The highest BCUT2D eigenvalue weighted by atomic mass is 16.5. The van der Waals surface area contributed by atoms with Crippen LogP contribution in [0, 0.1) is 5.92 Å². The van der Waals surface area contributed by atoms with Gasteiger partial charge in [0.2, 0.25) is 5.91 Å². The highest BCUT2D eigenvalue weighted by molar-refractivity contribution is 5.82. The predicted molar refractivity (Wildman–Crippen MR) is 92.8 cm³/mol. The highest BCUT2D eigenvalue weighted by Gasteiger charge is 2.39. The van der Waals surface area contributed by atoms with Crippen LogP contribution in [0.15, 0.2) is 0 Å². The van der Waals surface area contributed by atoms with Crippen LogP contribution >= 0.6 is 0 Å².